The molecule has 0 saturated heterocycles. The molecule has 0 aliphatic heterocycles. The van der Waals surface area contributed by atoms with E-state index in [1.807, 2.05) is 0 Å². The van der Waals surface area contributed by atoms with E-state index in [-0.39, 0.29) is 5.56 Å². The molecule has 0 atom stereocenters. The predicted molar refractivity (Wildman–Crippen MR) is 46.4 cm³/mol. The standard InChI is InChI=1S/C8H8BrF2N/c1-4-3-6(8(10)11)5(2)7(9)12-4/h3,8H,1-2H3. The maximum atomic E-state index is 12.3. The van der Waals surface area contributed by atoms with Gasteiger partial charge in [-0.1, -0.05) is 0 Å². The molecule has 1 nitrogen and oxygen atoms in total. The van der Waals surface area contributed by atoms with Crippen LogP contribution in [-0.2, 0) is 0 Å². The summed E-state index contributed by atoms with van der Waals surface area (Å²) in [7, 11) is 0. The number of halogens is 3. The third-order valence-electron chi connectivity index (χ3n) is 1.62. The molecule has 12 heavy (non-hydrogen) atoms. The van der Waals surface area contributed by atoms with Crippen LogP contribution in [0.25, 0.3) is 0 Å². The Kier molecular flexibility index (Phi) is 2.77. The highest BCUT2D eigenvalue weighted by atomic mass is 79.9. The highest BCUT2D eigenvalue weighted by Gasteiger charge is 2.13. The van der Waals surface area contributed by atoms with E-state index in [0.29, 0.717) is 15.9 Å². The summed E-state index contributed by atoms with van der Waals surface area (Å²) in [6, 6.07) is 1.41. The van der Waals surface area contributed by atoms with E-state index >= 15 is 0 Å². The monoisotopic (exact) mass is 235 g/mol. The van der Waals surface area contributed by atoms with Crippen molar-refractivity contribution in [3.8, 4) is 0 Å². The normalized spacial score (nSPS) is 10.8. The Balaban J connectivity index is 3.28. The number of hydrogen-bond donors (Lipinski definition) is 0. The summed E-state index contributed by atoms with van der Waals surface area (Å²) in [6.07, 6.45) is -2.43. The van der Waals surface area contributed by atoms with Crippen molar-refractivity contribution < 1.29 is 8.78 Å². The lowest BCUT2D eigenvalue weighted by Gasteiger charge is -2.06. The molecule has 0 spiro atoms. The minimum atomic E-state index is -2.43. The molecule has 0 fully saturated rings. The minimum absolute atomic E-state index is 0.0503. The third kappa shape index (κ3) is 1.80. The van der Waals surface area contributed by atoms with Crippen molar-refractivity contribution in [3.63, 3.8) is 0 Å². The van der Waals surface area contributed by atoms with Crippen LogP contribution < -0.4 is 0 Å². The number of alkyl halides is 2. The zero-order valence-electron chi connectivity index (χ0n) is 6.74. The number of aryl methyl sites for hydroxylation is 1. The fourth-order valence-corrected chi connectivity index (χ4v) is 1.46. The zero-order valence-corrected chi connectivity index (χ0v) is 8.32. The molecule has 66 valence electrons. The molecule has 1 aromatic rings. The Bertz CT molecular complexity index is 299. The summed E-state index contributed by atoms with van der Waals surface area (Å²) in [4.78, 5) is 4.00. The van der Waals surface area contributed by atoms with Crippen LogP contribution in [0.5, 0.6) is 0 Å². The molecule has 1 rings (SSSR count). The average Bonchev–Trinajstić information content (AvgIpc) is 1.96. The largest absolute Gasteiger partial charge is 0.264 e. The van der Waals surface area contributed by atoms with Crippen LogP contribution in [0.4, 0.5) is 8.78 Å². The van der Waals surface area contributed by atoms with Crippen molar-refractivity contribution in [1.29, 1.82) is 0 Å². The Morgan fingerprint density at radius 1 is 1.42 bits per heavy atom. The molecule has 0 radical (unpaired) electrons. The second kappa shape index (κ2) is 3.47. The van der Waals surface area contributed by atoms with E-state index in [1.165, 1.54) is 6.07 Å². The van der Waals surface area contributed by atoms with E-state index in [2.05, 4.69) is 20.9 Å². The third-order valence-corrected chi connectivity index (χ3v) is 2.39. The lowest BCUT2D eigenvalue weighted by Crippen LogP contribution is -1.95. The highest BCUT2D eigenvalue weighted by Crippen LogP contribution is 2.27. The van der Waals surface area contributed by atoms with Gasteiger partial charge in [-0.25, -0.2) is 13.8 Å². The topological polar surface area (TPSA) is 12.9 Å². The van der Waals surface area contributed by atoms with E-state index in [1.54, 1.807) is 13.8 Å². The van der Waals surface area contributed by atoms with Gasteiger partial charge in [0.1, 0.15) is 4.60 Å². The van der Waals surface area contributed by atoms with Crippen LogP contribution in [0, 0.1) is 13.8 Å². The summed E-state index contributed by atoms with van der Waals surface area (Å²) in [6.45, 7) is 3.31. The molecule has 1 heterocycles. The summed E-state index contributed by atoms with van der Waals surface area (Å²) >= 11 is 3.12. The summed E-state index contributed by atoms with van der Waals surface area (Å²) in [5.74, 6) is 0. The predicted octanol–water partition coefficient (Wildman–Crippen LogP) is 3.40. The summed E-state index contributed by atoms with van der Waals surface area (Å²) in [5, 5.41) is 0. The quantitative estimate of drug-likeness (QED) is 0.681. The molecular formula is C8H8BrF2N. The van der Waals surface area contributed by atoms with E-state index < -0.39 is 6.43 Å². The van der Waals surface area contributed by atoms with Gasteiger partial charge in [0.2, 0.25) is 0 Å². The molecule has 1 aromatic heterocycles. The summed E-state index contributed by atoms with van der Waals surface area (Å²) in [5.41, 5.74) is 1.16. The minimum Gasteiger partial charge on any atom is -0.246 e. The van der Waals surface area contributed by atoms with Gasteiger partial charge in [0.15, 0.2) is 0 Å². The fourth-order valence-electron chi connectivity index (χ4n) is 0.950. The molecule has 0 saturated carbocycles. The first-order chi connectivity index (χ1) is 5.52. The van der Waals surface area contributed by atoms with Crippen molar-refractivity contribution in [2.24, 2.45) is 0 Å². The molecule has 0 aliphatic rings. The van der Waals surface area contributed by atoms with Crippen LogP contribution >= 0.6 is 15.9 Å². The van der Waals surface area contributed by atoms with Gasteiger partial charge < -0.3 is 0 Å². The zero-order chi connectivity index (χ0) is 9.30. The number of nitrogens with zero attached hydrogens (tertiary/aromatic N) is 1. The van der Waals surface area contributed by atoms with Crippen LogP contribution in [-0.4, -0.2) is 4.98 Å². The van der Waals surface area contributed by atoms with Gasteiger partial charge in [0.25, 0.3) is 6.43 Å². The molecule has 0 bridgehead atoms. The van der Waals surface area contributed by atoms with E-state index in [9.17, 15) is 8.78 Å². The van der Waals surface area contributed by atoms with Crippen molar-refractivity contribution in [2.75, 3.05) is 0 Å². The first-order valence-electron chi connectivity index (χ1n) is 3.44. The van der Waals surface area contributed by atoms with Crippen molar-refractivity contribution in [1.82, 2.24) is 4.98 Å². The maximum absolute atomic E-state index is 12.3. The lowest BCUT2D eigenvalue weighted by atomic mass is 10.1. The molecule has 0 unspecified atom stereocenters. The van der Waals surface area contributed by atoms with E-state index in [0.717, 1.165) is 0 Å². The second-order valence-corrected chi connectivity index (χ2v) is 3.32. The van der Waals surface area contributed by atoms with Crippen molar-refractivity contribution >= 4 is 15.9 Å². The average molecular weight is 236 g/mol. The maximum Gasteiger partial charge on any atom is 0.264 e. The second-order valence-electron chi connectivity index (χ2n) is 2.57. The van der Waals surface area contributed by atoms with Crippen molar-refractivity contribution in [3.05, 3.63) is 27.5 Å². The molecule has 0 aromatic carbocycles. The molecule has 4 heteroatoms. The first-order valence-corrected chi connectivity index (χ1v) is 4.23. The van der Waals surface area contributed by atoms with Crippen LogP contribution in [0.3, 0.4) is 0 Å². The Hall–Kier alpha value is -0.510. The number of hydrogen-bond acceptors (Lipinski definition) is 1. The molecule has 0 aliphatic carbocycles. The summed E-state index contributed by atoms with van der Waals surface area (Å²) < 4.78 is 25.2. The van der Waals surface area contributed by atoms with Gasteiger partial charge in [0, 0.05) is 11.3 Å². The van der Waals surface area contributed by atoms with Crippen LogP contribution in [0.2, 0.25) is 0 Å². The van der Waals surface area contributed by atoms with Gasteiger partial charge in [-0.15, -0.1) is 0 Å². The van der Waals surface area contributed by atoms with Gasteiger partial charge in [0.05, 0.1) is 0 Å². The molecule has 0 amide bonds. The number of rotatable bonds is 1. The molecular weight excluding hydrogens is 228 g/mol. The van der Waals surface area contributed by atoms with Gasteiger partial charge in [-0.3, -0.25) is 0 Å². The van der Waals surface area contributed by atoms with Crippen molar-refractivity contribution in [2.45, 2.75) is 20.3 Å². The molecule has 0 N–H and O–H groups in total. The number of aromatic nitrogens is 1. The van der Waals surface area contributed by atoms with Gasteiger partial charge >= 0.3 is 0 Å². The highest BCUT2D eigenvalue weighted by molar-refractivity contribution is 9.10. The fraction of sp³-hybridized carbons (Fsp3) is 0.375. The SMILES string of the molecule is Cc1cc(C(F)F)c(C)c(Br)n1. The Morgan fingerprint density at radius 2 is 2.00 bits per heavy atom. The van der Waals surface area contributed by atoms with Gasteiger partial charge in [-0.05, 0) is 41.4 Å². The number of pyridine rings is 1. The lowest BCUT2D eigenvalue weighted by molar-refractivity contribution is 0.150. The first kappa shape index (κ1) is 9.58. The Labute approximate surface area is 77.9 Å². The van der Waals surface area contributed by atoms with Crippen LogP contribution in [0.15, 0.2) is 10.7 Å². The van der Waals surface area contributed by atoms with Crippen LogP contribution in [0.1, 0.15) is 23.2 Å². The Morgan fingerprint density at radius 3 is 2.50 bits per heavy atom. The van der Waals surface area contributed by atoms with E-state index in [4.69, 9.17) is 0 Å². The smallest absolute Gasteiger partial charge is 0.246 e. The van der Waals surface area contributed by atoms with Gasteiger partial charge in [-0.2, -0.15) is 0 Å².